The van der Waals surface area contributed by atoms with Crippen molar-refractivity contribution in [2.75, 3.05) is 25.4 Å². The van der Waals surface area contributed by atoms with E-state index in [4.69, 9.17) is 22.9 Å². The van der Waals surface area contributed by atoms with Crippen LogP contribution in [0, 0.1) is 0 Å². The second kappa shape index (κ2) is 12.8. The highest BCUT2D eigenvalue weighted by atomic mass is 32.1. The molecule has 0 unspecified atom stereocenters. The van der Waals surface area contributed by atoms with Crippen molar-refractivity contribution in [1.82, 2.24) is 20.9 Å². The van der Waals surface area contributed by atoms with Crippen molar-refractivity contribution >= 4 is 48.1 Å². The average Bonchev–Trinajstić information content (AvgIpc) is 3.22. The fraction of sp³-hybridized carbons (Fsp3) is 0.647. The van der Waals surface area contributed by atoms with Gasteiger partial charge in [-0.25, -0.2) is 0 Å². The largest absolute Gasteiger partial charge is 0.370 e. The van der Waals surface area contributed by atoms with Gasteiger partial charge in [-0.3, -0.25) is 28.8 Å². The van der Waals surface area contributed by atoms with Crippen LogP contribution in [-0.4, -0.2) is 89.9 Å². The van der Waals surface area contributed by atoms with Crippen molar-refractivity contribution in [3.05, 3.63) is 0 Å². The molecular weight excluding hydrogens is 444 g/mol. The molecule has 0 spiro atoms. The van der Waals surface area contributed by atoms with Crippen LogP contribution in [-0.2, 0) is 28.8 Å². The molecule has 4 atom stereocenters. The molecule has 1 rings (SSSR count). The van der Waals surface area contributed by atoms with Gasteiger partial charge < -0.3 is 43.8 Å². The first kappa shape index (κ1) is 27.1. The van der Waals surface area contributed by atoms with E-state index in [-0.39, 0.29) is 18.8 Å². The molecule has 1 saturated heterocycles. The molecule has 1 aliphatic heterocycles. The van der Waals surface area contributed by atoms with Crippen molar-refractivity contribution in [2.45, 2.75) is 43.4 Å². The molecule has 0 aromatic heterocycles. The minimum absolute atomic E-state index is 0.0837. The maximum atomic E-state index is 12.9. The number of rotatable bonds is 12. The fourth-order valence-corrected chi connectivity index (χ4v) is 3.32. The monoisotopic (exact) mass is 474 g/mol. The maximum absolute atomic E-state index is 12.9. The number of primary amides is 2. The molecule has 0 aromatic carbocycles. The third-order valence-electron chi connectivity index (χ3n) is 4.70. The van der Waals surface area contributed by atoms with Crippen LogP contribution in [0.4, 0.5) is 0 Å². The molecular formula is C17H30N8O6S. The number of hydrogen-bond acceptors (Lipinski definition) is 9. The van der Waals surface area contributed by atoms with Gasteiger partial charge in [0.25, 0.3) is 0 Å². The number of nitrogens with one attached hydrogen (secondary N) is 3. The first-order chi connectivity index (χ1) is 15.0. The Labute approximate surface area is 189 Å². The Morgan fingerprint density at radius 3 is 2.19 bits per heavy atom. The van der Waals surface area contributed by atoms with Crippen molar-refractivity contribution in [2.24, 2.45) is 22.9 Å². The Hall–Kier alpha value is -2.91. The van der Waals surface area contributed by atoms with E-state index in [2.05, 4.69) is 28.6 Å². The lowest BCUT2D eigenvalue weighted by Gasteiger charge is -2.29. The number of hydrogen-bond donors (Lipinski definition) is 8. The second-order valence-corrected chi connectivity index (χ2v) is 7.56. The highest BCUT2D eigenvalue weighted by Gasteiger charge is 2.38. The zero-order chi connectivity index (χ0) is 24.4. The van der Waals surface area contributed by atoms with Gasteiger partial charge in [0.2, 0.25) is 35.4 Å². The summed E-state index contributed by atoms with van der Waals surface area (Å²) in [6.45, 7) is -0.421. The molecule has 1 fully saturated rings. The normalized spacial score (nSPS) is 18.2. The van der Waals surface area contributed by atoms with Crippen LogP contribution < -0.4 is 38.9 Å². The molecule has 6 amide bonds. The quantitative estimate of drug-likeness (QED) is 0.126. The Kier molecular flexibility index (Phi) is 10.9. The summed E-state index contributed by atoms with van der Waals surface area (Å²) in [6, 6.07) is -4.36. The molecule has 0 radical (unpaired) electrons. The van der Waals surface area contributed by atoms with Crippen molar-refractivity contribution in [3.63, 3.8) is 0 Å². The van der Waals surface area contributed by atoms with Crippen LogP contribution >= 0.6 is 12.6 Å². The van der Waals surface area contributed by atoms with E-state index < -0.39 is 72.6 Å². The van der Waals surface area contributed by atoms with Gasteiger partial charge in [-0.05, 0) is 12.8 Å². The molecule has 0 aromatic rings. The van der Waals surface area contributed by atoms with E-state index in [1.165, 1.54) is 4.90 Å². The summed E-state index contributed by atoms with van der Waals surface area (Å²) in [5, 5.41) is 7.11. The highest BCUT2D eigenvalue weighted by molar-refractivity contribution is 7.80. The van der Waals surface area contributed by atoms with Gasteiger partial charge in [0, 0.05) is 18.8 Å². The van der Waals surface area contributed by atoms with Crippen LogP contribution in [0.15, 0.2) is 0 Å². The van der Waals surface area contributed by atoms with E-state index in [9.17, 15) is 28.8 Å². The predicted molar refractivity (Wildman–Crippen MR) is 115 cm³/mol. The number of thiol groups is 1. The summed E-state index contributed by atoms with van der Waals surface area (Å²) >= 11 is 4.08. The number of nitrogens with two attached hydrogens (primary N) is 4. The van der Waals surface area contributed by atoms with E-state index in [1.807, 2.05) is 0 Å². The molecule has 14 nitrogen and oxygen atoms in total. The van der Waals surface area contributed by atoms with Gasteiger partial charge in [0.05, 0.1) is 19.0 Å². The van der Waals surface area contributed by atoms with Gasteiger partial charge in [-0.2, -0.15) is 12.6 Å². The lowest BCUT2D eigenvalue weighted by Crippen LogP contribution is -2.59. The number of nitrogens with zero attached hydrogens (tertiary/aromatic N) is 1. The molecule has 1 aliphatic rings. The standard InChI is InChI=1S/C17H30N8O6S/c18-5-9(15(29)22-6-13(21)27)23-16(30)11-2-1-3-25(11)17(31)10(7-32)24-14(28)8(19)4-12(20)26/h8-11,32H,1-7,18-19H2,(H2,20,26)(H2,21,27)(H,22,29)(H,23,30)(H,24,28)/t8-,9-,10-,11-/m0/s1. The number of carbonyl (C=O) groups is 6. The van der Waals surface area contributed by atoms with Crippen LogP contribution in [0.5, 0.6) is 0 Å². The van der Waals surface area contributed by atoms with Crippen molar-refractivity contribution in [1.29, 1.82) is 0 Å². The Morgan fingerprint density at radius 2 is 1.66 bits per heavy atom. The minimum atomic E-state index is -1.23. The van der Waals surface area contributed by atoms with Crippen LogP contribution in [0.3, 0.4) is 0 Å². The van der Waals surface area contributed by atoms with Crippen molar-refractivity contribution in [3.8, 4) is 0 Å². The Bertz CT molecular complexity index is 751. The summed E-state index contributed by atoms with van der Waals surface area (Å²) in [4.78, 5) is 72.9. The van der Waals surface area contributed by atoms with Crippen LogP contribution in [0.1, 0.15) is 19.3 Å². The van der Waals surface area contributed by atoms with Crippen LogP contribution in [0.2, 0.25) is 0 Å². The number of carbonyl (C=O) groups excluding carboxylic acids is 6. The second-order valence-electron chi connectivity index (χ2n) is 7.19. The zero-order valence-corrected chi connectivity index (χ0v) is 18.3. The molecule has 0 bridgehead atoms. The predicted octanol–water partition coefficient (Wildman–Crippen LogP) is -5.36. The lowest BCUT2D eigenvalue weighted by atomic mass is 10.1. The maximum Gasteiger partial charge on any atom is 0.246 e. The zero-order valence-electron chi connectivity index (χ0n) is 17.4. The van der Waals surface area contributed by atoms with Gasteiger partial charge in [-0.1, -0.05) is 0 Å². The average molecular weight is 475 g/mol. The third kappa shape index (κ3) is 7.97. The number of likely N-dealkylation sites (tertiary alicyclic amines) is 1. The molecule has 15 heteroatoms. The molecule has 0 saturated carbocycles. The van der Waals surface area contributed by atoms with Gasteiger partial charge >= 0.3 is 0 Å². The molecule has 0 aliphatic carbocycles. The van der Waals surface area contributed by atoms with E-state index in [1.54, 1.807) is 0 Å². The van der Waals surface area contributed by atoms with Crippen LogP contribution in [0.25, 0.3) is 0 Å². The first-order valence-electron chi connectivity index (χ1n) is 9.83. The molecule has 1 heterocycles. The summed E-state index contributed by atoms with van der Waals surface area (Å²) in [7, 11) is 0. The van der Waals surface area contributed by atoms with E-state index >= 15 is 0 Å². The summed E-state index contributed by atoms with van der Waals surface area (Å²) in [6.07, 6.45) is 0.442. The SMILES string of the molecule is NC[C@H](NC(=O)[C@@H]1CCCN1C(=O)[C@H](CS)NC(=O)[C@@H](N)CC(N)=O)C(=O)NCC(N)=O. The smallest absolute Gasteiger partial charge is 0.246 e. The van der Waals surface area contributed by atoms with E-state index in [0.717, 1.165) is 0 Å². The van der Waals surface area contributed by atoms with Gasteiger partial charge in [0.1, 0.15) is 18.1 Å². The molecule has 11 N–H and O–H groups in total. The van der Waals surface area contributed by atoms with E-state index in [0.29, 0.717) is 12.8 Å². The molecule has 32 heavy (non-hydrogen) atoms. The minimum Gasteiger partial charge on any atom is -0.370 e. The summed E-state index contributed by atoms with van der Waals surface area (Å²) in [5.41, 5.74) is 21.1. The summed E-state index contributed by atoms with van der Waals surface area (Å²) in [5.74, 6) is -4.25. The lowest BCUT2D eigenvalue weighted by molar-refractivity contribution is -0.141. The third-order valence-corrected chi connectivity index (χ3v) is 5.06. The number of amides is 6. The Morgan fingerprint density at radius 1 is 1.00 bits per heavy atom. The van der Waals surface area contributed by atoms with Crippen molar-refractivity contribution < 1.29 is 28.8 Å². The fourth-order valence-electron chi connectivity index (χ4n) is 3.07. The van der Waals surface area contributed by atoms with Gasteiger partial charge in [-0.15, -0.1) is 0 Å². The summed E-state index contributed by atoms with van der Waals surface area (Å²) < 4.78 is 0. The Balaban J connectivity index is 2.80. The topological polar surface area (TPSA) is 246 Å². The highest BCUT2D eigenvalue weighted by Crippen LogP contribution is 2.19. The molecule has 180 valence electrons. The first-order valence-corrected chi connectivity index (χ1v) is 10.5. The van der Waals surface area contributed by atoms with Gasteiger partial charge in [0.15, 0.2) is 0 Å².